The Morgan fingerprint density at radius 1 is 1.20 bits per heavy atom. The normalized spacial score (nSPS) is 17.1. The fourth-order valence-corrected chi connectivity index (χ4v) is 3.65. The molecule has 0 radical (unpaired) electrons. The summed E-state index contributed by atoms with van der Waals surface area (Å²) in [5, 5.41) is 10.9. The molecule has 0 atom stereocenters. The van der Waals surface area contributed by atoms with Crippen molar-refractivity contribution in [2.75, 3.05) is 0 Å². The van der Waals surface area contributed by atoms with E-state index in [-0.39, 0.29) is 16.7 Å². The summed E-state index contributed by atoms with van der Waals surface area (Å²) in [6, 6.07) is 4.85. The molecular formula is C12H14N2O5S. The van der Waals surface area contributed by atoms with E-state index in [1.54, 1.807) is 0 Å². The van der Waals surface area contributed by atoms with Crippen LogP contribution in [0.4, 0.5) is 5.69 Å². The third kappa shape index (κ3) is 3.20. The lowest BCUT2D eigenvalue weighted by Gasteiger charge is -2.21. The molecule has 0 aliphatic heterocycles. The van der Waals surface area contributed by atoms with Crippen LogP contribution in [0.1, 0.15) is 25.7 Å². The monoisotopic (exact) mass is 298 g/mol. The Balaban J connectivity index is 2.23. The second-order valence-corrected chi connectivity index (χ2v) is 6.34. The van der Waals surface area contributed by atoms with E-state index in [0.717, 1.165) is 6.07 Å². The van der Waals surface area contributed by atoms with Gasteiger partial charge in [-0.2, -0.15) is 0 Å². The van der Waals surface area contributed by atoms with Gasteiger partial charge in [0.1, 0.15) is 5.78 Å². The van der Waals surface area contributed by atoms with Crippen molar-refractivity contribution in [3.05, 3.63) is 34.4 Å². The second kappa shape index (κ2) is 5.68. The highest BCUT2D eigenvalue weighted by atomic mass is 32.2. The maximum absolute atomic E-state index is 12.2. The zero-order chi connectivity index (χ0) is 14.8. The molecule has 0 aromatic heterocycles. The first-order valence-corrected chi connectivity index (χ1v) is 7.66. The lowest BCUT2D eigenvalue weighted by molar-refractivity contribution is -0.387. The summed E-state index contributed by atoms with van der Waals surface area (Å²) in [4.78, 5) is 20.9. The van der Waals surface area contributed by atoms with Gasteiger partial charge in [-0.25, -0.2) is 13.1 Å². The van der Waals surface area contributed by atoms with Crippen molar-refractivity contribution in [2.24, 2.45) is 0 Å². The summed E-state index contributed by atoms with van der Waals surface area (Å²) in [6.07, 6.45) is 1.53. The molecule has 1 fully saturated rings. The van der Waals surface area contributed by atoms with Crippen molar-refractivity contribution < 1.29 is 18.1 Å². The maximum Gasteiger partial charge on any atom is 0.289 e. The number of hydrogen-bond acceptors (Lipinski definition) is 5. The van der Waals surface area contributed by atoms with Crippen LogP contribution in [-0.4, -0.2) is 25.2 Å². The van der Waals surface area contributed by atoms with Crippen LogP contribution >= 0.6 is 0 Å². The Morgan fingerprint density at radius 3 is 2.40 bits per heavy atom. The molecule has 0 heterocycles. The van der Waals surface area contributed by atoms with E-state index in [4.69, 9.17) is 0 Å². The zero-order valence-electron chi connectivity index (χ0n) is 10.6. The van der Waals surface area contributed by atoms with Gasteiger partial charge in [-0.3, -0.25) is 14.9 Å². The number of nitro benzene ring substituents is 1. The average molecular weight is 298 g/mol. The summed E-state index contributed by atoms with van der Waals surface area (Å²) in [7, 11) is -3.96. The van der Waals surface area contributed by atoms with E-state index in [1.165, 1.54) is 18.2 Å². The standard InChI is InChI=1S/C12H14N2O5S/c15-10-7-5-9(6-8-10)13-20(18,19)12-4-2-1-3-11(12)14(16)17/h1-4,9,13H,5-8H2. The molecular weight excluding hydrogens is 284 g/mol. The number of Topliss-reactive ketones (excluding diaryl/α,β-unsaturated/α-hetero) is 1. The molecule has 0 unspecified atom stereocenters. The van der Waals surface area contributed by atoms with Crippen LogP contribution in [0.3, 0.4) is 0 Å². The Hall–Kier alpha value is -1.80. The Kier molecular flexibility index (Phi) is 4.15. The first-order chi connectivity index (χ1) is 9.40. The molecule has 20 heavy (non-hydrogen) atoms. The number of hydrogen-bond donors (Lipinski definition) is 1. The molecule has 0 spiro atoms. The van der Waals surface area contributed by atoms with E-state index in [0.29, 0.717) is 25.7 Å². The first kappa shape index (κ1) is 14.6. The average Bonchev–Trinajstić information content (AvgIpc) is 2.41. The molecule has 0 saturated heterocycles. The Bertz CT molecular complexity index is 631. The minimum atomic E-state index is -3.96. The van der Waals surface area contributed by atoms with Gasteiger partial charge in [0.25, 0.3) is 5.69 Å². The molecule has 108 valence electrons. The summed E-state index contributed by atoms with van der Waals surface area (Å²) in [5.41, 5.74) is -0.452. The number of ketones is 1. The molecule has 1 aliphatic carbocycles. The molecule has 1 aromatic rings. The van der Waals surface area contributed by atoms with Gasteiger partial charge in [-0.15, -0.1) is 0 Å². The highest BCUT2D eigenvalue weighted by Gasteiger charge is 2.29. The lowest BCUT2D eigenvalue weighted by Crippen LogP contribution is -2.37. The number of para-hydroxylation sites is 1. The molecule has 0 bridgehead atoms. The highest BCUT2D eigenvalue weighted by Crippen LogP contribution is 2.24. The van der Waals surface area contributed by atoms with Gasteiger partial charge >= 0.3 is 0 Å². The molecule has 1 aromatic carbocycles. The maximum atomic E-state index is 12.2. The van der Waals surface area contributed by atoms with Gasteiger partial charge in [-0.05, 0) is 18.9 Å². The van der Waals surface area contributed by atoms with E-state index in [2.05, 4.69) is 4.72 Å². The lowest BCUT2D eigenvalue weighted by atomic mass is 9.95. The zero-order valence-corrected chi connectivity index (χ0v) is 11.4. The number of carbonyl (C=O) groups is 1. The van der Waals surface area contributed by atoms with E-state index in [1.807, 2.05) is 0 Å². The fraction of sp³-hybridized carbons (Fsp3) is 0.417. The number of nitro groups is 1. The van der Waals surface area contributed by atoms with Crippen LogP contribution < -0.4 is 4.72 Å². The second-order valence-electron chi connectivity index (χ2n) is 4.66. The van der Waals surface area contributed by atoms with Crippen molar-refractivity contribution in [3.8, 4) is 0 Å². The quantitative estimate of drug-likeness (QED) is 0.667. The molecule has 8 heteroatoms. The van der Waals surface area contributed by atoms with Crippen LogP contribution in [0.15, 0.2) is 29.2 Å². The molecule has 1 saturated carbocycles. The molecule has 7 nitrogen and oxygen atoms in total. The van der Waals surface area contributed by atoms with Crippen LogP contribution in [0.2, 0.25) is 0 Å². The third-order valence-corrected chi connectivity index (χ3v) is 4.78. The molecule has 2 rings (SSSR count). The fourth-order valence-electron chi connectivity index (χ4n) is 2.18. The summed E-state index contributed by atoms with van der Waals surface area (Å²) in [6.45, 7) is 0. The Labute approximate surface area is 116 Å². The summed E-state index contributed by atoms with van der Waals surface area (Å²) < 4.78 is 26.9. The van der Waals surface area contributed by atoms with Crippen molar-refractivity contribution in [1.29, 1.82) is 0 Å². The van der Waals surface area contributed by atoms with Crippen molar-refractivity contribution in [1.82, 2.24) is 4.72 Å². The van der Waals surface area contributed by atoms with Gasteiger partial charge in [0.2, 0.25) is 10.0 Å². The number of rotatable bonds is 4. The molecule has 0 amide bonds. The number of sulfonamides is 1. The van der Waals surface area contributed by atoms with Crippen LogP contribution in [0.5, 0.6) is 0 Å². The predicted molar refractivity (Wildman–Crippen MR) is 70.7 cm³/mol. The minimum Gasteiger partial charge on any atom is -0.300 e. The van der Waals surface area contributed by atoms with E-state index >= 15 is 0 Å². The number of carbonyl (C=O) groups excluding carboxylic acids is 1. The first-order valence-electron chi connectivity index (χ1n) is 6.17. The van der Waals surface area contributed by atoms with Crippen LogP contribution in [0, 0.1) is 10.1 Å². The van der Waals surface area contributed by atoms with Crippen molar-refractivity contribution in [2.45, 2.75) is 36.6 Å². The number of nitrogens with one attached hydrogen (secondary N) is 1. The summed E-state index contributed by atoms with van der Waals surface area (Å²) in [5.74, 6) is 0.117. The smallest absolute Gasteiger partial charge is 0.289 e. The Morgan fingerprint density at radius 2 is 1.80 bits per heavy atom. The van der Waals surface area contributed by atoms with E-state index in [9.17, 15) is 23.3 Å². The third-order valence-electron chi connectivity index (χ3n) is 3.22. The van der Waals surface area contributed by atoms with Gasteiger partial charge in [0.15, 0.2) is 4.90 Å². The van der Waals surface area contributed by atoms with Crippen molar-refractivity contribution in [3.63, 3.8) is 0 Å². The van der Waals surface area contributed by atoms with Gasteiger partial charge in [-0.1, -0.05) is 12.1 Å². The minimum absolute atomic E-state index is 0.117. The van der Waals surface area contributed by atoms with Gasteiger partial charge < -0.3 is 0 Å². The number of nitrogens with zero attached hydrogens (tertiary/aromatic N) is 1. The predicted octanol–water partition coefficient (Wildman–Crippen LogP) is 1.38. The SMILES string of the molecule is O=C1CCC(NS(=O)(=O)c2ccccc2[N+](=O)[O-])CC1. The summed E-state index contributed by atoms with van der Waals surface area (Å²) >= 11 is 0. The van der Waals surface area contributed by atoms with Gasteiger partial charge in [0.05, 0.1) is 4.92 Å². The van der Waals surface area contributed by atoms with E-state index < -0.39 is 20.6 Å². The topological polar surface area (TPSA) is 106 Å². The van der Waals surface area contributed by atoms with Crippen LogP contribution in [-0.2, 0) is 14.8 Å². The van der Waals surface area contributed by atoms with Gasteiger partial charge in [0, 0.05) is 24.9 Å². The van der Waals surface area contributed by atoms with Crippen molar-refractivity contribution >= 4 is 21.5 Å². The largest absolute Gasteiger partial charge is 0.300 e. The van der Waals surface area contributed by atoms with Crippen LogP contribution in [0.25, 0.3) is 0 Å². The highest BCUT2D eigenvalue weighted by molar-refractivity contribution is 7.89. The molecule has 1 N–H and O–H groups in total. The molecule has 1 aliphatic rings. The number of benzene rings is 1.